The molecule has 2 N–H and O–H groups in total. The molecule has 0 bridgehead atoms. The van der Waals surface area contributed by atoms with Crippen LogP contribution in [-0.4, -0.2) is 47.6 Å². The van der Waals surface area contributed by atoms with E-state index in [-0.39, 0.29) is 17.4 Å². The molecule has 10 heteroatoms. The highest BCUT2D eigenvalue weighted by atomic mass is 32.2. The highest BCUT2D eigenvalue weighted by Gasteiger charge is 2.36. The van der Waals surface area contributed by atoms with Crippen LogP contribution in [0.5, 0.6) is 11.5 Å². The molecule has 0 unspecified atom stereocenters. The molecule has 4 amide bonds. The molecule has 0 spiro atoms. The van der Waals surface area contributed by atoms with Gasteiger partial charge in [0.15, 0.2) is 18.1 Å². The molecule has 0 radical (unpaired) electrons. The molecule has 3 aromatic carbocycles. The average Bonchev–Trinajstić information content (AvgIpc) is 3.19. The molecule has 4 rings (SSSR count). The van der Waals surface area contributed by atoms with Gasteiger partial charge in [-0.25, -0.2) is 0 Å². The van der Waals surface area contributed by atoms with E-state index in [0.717, 1.165) is 33.4 Å². The zero-order chi connectivity index (χ0) is 29.5. The van der Waals surface area contributed by atoms with E-state index >= 15 is 0 Å². The van der Waals surface area contributed by atoms with Gasteiger partial charge in [-0.05, 0) is 92.6 Å². The van der Waals surface area contributed by atoms with Gasteiger partial charge in [0.2, 0.25) is 5.91 Å². The lowest BCUT2D eigenvalue weighted by molar-refractivity contribution is -0.127. The van der Waals surface area contributed by atoms with Crippen LogP contribution < -0.4 is 20.1 Å². The topological polar surface area (TPSA) is 114 Å². The first kappa shape index (κ1) is 29.4. The van der Waals surface area contributed by atoms with Gasteiger partial charge in [0.1, 0.15) is 6.54 Å². The summed E-state index contributed by atoms with van der Waals surface area (Å²) in [5.74, 6) is -0.595. The summed E-state index contributed by atoms with van der Waals surface area (Å²) in [5, 5.41) is 5.02. The van der Waals surface area contributed by atoms with Crippen molar-refractivity contribution in [3.05, 3.63) is 87.8 Å². The van der Waals surface area contributed by atoms with Crippen LogP contribution in [0.15, 0.2) is 65.6 Å². The minimum Gasteiger partial charge on any atom is -0.490 e. The molecule has 0 saturated carbocycles. The Morgan fingerprint density at radius 3 is 2.32 bits per heavy atom. The number of benzene rings is 3. The second kappa shape index (κ2) is 13.2. The predicted molar refractivity (Wildman–Crippen MR) is 160 cm³/mol. The number of ether oxygens (including phenoxy) is 2. The number of rotatable bonds is 10. The SMILES string of the molecule is CCOc1cc(/C=C2\SC(=O)N(CC(=O)Nc3cc(C)ccc3C)C2=O)ccc1OCC(=O)Nc1ccc(C)cc1. The number of anilines is 2. The van der Waals surface area contributed by atoms with Crippen molar-refractivity contribution < 1.29 is 28.7 Å². The molecule has 41 heavy (non-hydrogen) atoms. The van der Waals surface area contributed by atoms with Gasteiger partial charge < -0.3 is 20.1 Å². The van der Waals surface area contributed by atoms with E-state index in [1.807, 2.05) is 70.2 Å². The Balaban J connectivity index is 1.41. The minimum atomic E-state index is -0.554. The molecule has 0 aromatic heterocycles. The molecule has 3 aromatic rings. The van der Waals surface area contributed by atoms with Crippen LogP contribution >= 0.6 is 11.8 Å². The van der Waals surface area contributed by atoms with Crippen LogP contribution in [0.2, 0.25) is 0 Å². The first-order chi connectivity index (χ1) is 19.6. The fraction of sp³-hybridized carbons (Fsp3) is 0.226. The van der Waals surface area contributed by atoms with Crippen molar-refractivity contribution in [2.45, 2.75) is 27.7 Å². The van der Waals surface area contributed by atoms with Gasteiger partial charge in [-0.15, -0.1) is 0 Å². The van der Waals surface area contributed by atoms with E-state index in [4.69, 9.17) is 9.47 Å². The number of carbonyl (C=O) groups is 4. The number of hydrogen-bond acceptors (Lipinski definition) is 7. The second-order valence-electron chi connectivity index (χ2n) is 9.48. The maximum atomic E-state index is 13.0. The third-order valence-corrected chi connectivity index (χ3v) is 7.01. The molecule has 0 atom stereocenters. The minimum absolute atomic E-state index is 0.183. The van der Waals surface area contributed by atoms with E-state index in [0.29, 0.717) is 35.0 Å². The molecule has 1 fully saturated rings. The van der Waals surface area contributed by atoms with E-state index in [1.165, 1.54) is 0 Å². The lowest BCUT2D eigenvalue weighted by Crippen LogP contribution is -2.36. The number of carbonyl (C=O) groups excluding carboxylic acids is 4. The number of aryl methyl sites for hydroxylation is 3. The van der Waals surface area contributed by atoms with Crippen LogP contribution in [0.3, 0.4) is 0 Å². The van der Waals surface area contributed by atoms with Gasteiger partial charge in [-0.2, -0.15) is 0 Å². The third kappa shape index (κ3) is 7.76. The molecule has 1 saturated heterocycles. The summed E-state index contributed by atoms with van der Waals surface area (Å²) in [6, 6.07) is 18.1. The van der Waals surface area contributed by atoms with Gasteiger partial charge >= 0.3 is 0 Å². The van der Waals surface area contributed by atoms with Crippen molar-refractivity contribution in [1.29, 1.82) is 0 Å². The average molecular weight is 574 g/mol. The van der Waals surface area contributed by atoms with Gasteiger partial charge in [0.05, 0.1) is 11.5 Å². The Kier molecular flexibility index (Phi) is 9.46. The number of nitrogens with one attached hydrogen (secondary N) is 2. The predicted octanol–water partition coefficient (Wildman–Crippen LogP) is 5.70. The Morgan fingerprint density at radius 1 is 0.854 bits per heavy atom. The Hall–Kier alpha value is -4.57. The molecule has 1 heterocycles. The highest BCUT2D eigenvalue weighted by Crippen LogP contribution is 2.35. The lowest BCUT2D eigenvalue weighted by atomic mass is 10.1. The normalized spacial score (nSPS) is 13.9. The van der Waals surface area contributed by atoms with E-state index < -0.39 is 23.6 Å². The number of imide groups is 1. The molecule has 9 nitrogen and oxygen atoms in total. The van der Waals surface area contributed by atoms with E-state index in [2.05, 4.69) is 10.6 Å². The standard InChI is InChI=1S/C31H31N3O6S/c1-5-39-26-15-22(10-13-25(26)40-18-29(36)32-23-11-7-19(2)8-12-23)16-27-30(37)34(31(38)41-27)17-28(35)33-24-14-20(3)6-9-21(24)4/h6-16H,5,17-18H2,1-4H3,(H,32,36)(H,33,35)/b27-16-. The molecular weight excluding hydrogens is 542 g/mol. The molecular formula is C31H31N3O6S. The summed E-state index contributed by atoms with van der Waals surface area (Å²) < 4.78 is 11.4. The first-order valence-electron chi connectivity index (χ1n) is 13.0. The Morgan fingerprint density at radius 2 is 1.59 bits per heavy atom. The molecule has 1 aliphatic heterocycles. The van der Waals surface area contributed by atoms with Crippen molar-refractivity contribution in [2.24, 2.45) is 0 Å². The van der Waals surface area contributed by atoms with Crippen molar-refractivity contribution in [3.63, 3.8) is 0 Å². The second-order valence-corrected chi connectivity index (χ2v) is 10.5. The van der Waals surface area contributed by atoms with Gasteiger partial charge in [-0.3, -0.25) is 24.1 Å². The summed E-state index contributed by atoms with van der Waals surface area (Å²) >= 11 is 0.763. The molecule has 1 aliphatic rings. The summed E-state index contributed by atoms with van der Waals surface area (Å²) in [6.45, 7) is 7.29. The summed E-state index contributed by atoms with van der Waals surface area (Å²) in [5.41, 5.74) is 4.84. The van der Waals surface area contributed by atoms with Crippen molar-refractivity contribution in [1.82, 2.24) is 4.90 Å². The molecule has 212 valence electrons. The quantitative estimate of drug-likeness (QED) is 0.299. The van der Waals surface area contributed by atoms with Crippen LogP contribution in [0, 0.1) is 20.8 Å². The van der Waals surface area contributed by atoms with Crippen molar-refractivity contribution in [2.75, 3.05) is 30.4 Å². The van der Waals surface area contributed by atoms with Crippen molar-refractivity contribution in [3.8, 4) is 11.5 Å². The monoisotopic (exact) mass is 573 g/mol. The first-order valence-corrected chi connectivity index (χ1v) is 13.8. The van der Waals surface area contributed by atoms with Crippen molar-refractivity contribution >= 4 is 52.2 Å². The zero-order valence-corrected chi connectivity index (χ0v) is 24.1. The van der Waals surface area contributed by atoms with Crippen LogP contribution in [-0.2, 0) is 14.4 Å². The van der Waals surface area contributed by atoms with Gasteiger partial charge in [0.25, 0.3) is 17.1 Å². The molecule has 0 aliphatic carbocycles. The Labute approximate surface area is 242 Å². The maximum absolute atomic E-state index is 13.0. The fourth-order valence-corrected chi connectivity index (χ4v) is 4.81. The van der Waals surface area contributed by atoms with Gasteiger partial charge in [-0.1, -0.05) is 35.9 Å². The third-order valence-electron chi connectivity index (χ3n) is 6.10. The zero-order valence-electron chi connectivity index (χ0n) is 23.3. The number of amides is 4. The summed E-state index contributed by atoms with van der Waals surface area (Å²) in [7, 11) is 0. The lowest BCUT2D eigenvalue weighted by Gasteiger charge is -2.14. The van der Waals surface area contributed by atoms with E-state index in [9.17, 15) is 19.2 Å². The number of nitrogens with zero attached hydrogens (tertiary/aromatic N) is 1. The van der Waals surface area contributed by atoms with E-state index in [1.54, 1.807) is 24.3 Å². The maximum Gasteiger partial charge on any atom is 0.294 e. The number of thioether (sulfide) groups is 1. The fourth-order valence-electron chi connectivity index (χ4n) is 3.97. The highest BCUT2D eigenvalue weighted by molar-refractivity contribution is 8.18. The Bertz CT molecular complexity index is 1520. The summed E-state index contributed by atoms with van der Waals surface area (Å²) in [4.78, 5) is 51.6. The number of hydrogen-bond donors (Lipinski definition) is 2. The largest absolute Gasteiger partial charge is 0.490 e. The van der Waals surface area contributed by atoms with Gasteiger partial charge in [0, 0.05) is 11.4 Å². The smallest absolute Gasteiger partial charge is 0.294 e. The van der Waals surface area contributed by atoms with Crippen LogP contribution in [0.25, 0.3) is 6.08 Å². The van der Waals surface area contributed by atoms with Crippen LogP contribution in [0.4, 0.5) is 16.2 Å². The summed E-state index contributed by atoms with van der Waals surface area (Å²) in [6.07, 6.45) is 1.56. The van der Waals surface area contributed by atoms with Crippen LogP contribution in [0.1, 0.15) is 29.2 Å².